The van der Waals surface area contributed by atoms with Gasteiger partial charge < -0.3 is 18.9 Å². The van der Waals surface area contributed by atoms with Crippen molar-refractivity contribution in [2.75, 3.05) is 31.8 Å². The van der Waals surface area contributed by atoms with E-state index in [1.54, 1.807) is 41.5 Å². The molecule has 0 aromatic heterocycles. The van der Waals surface area contributed by atoms with Crippen molar-refractivity contribution in [2.24, 2.45) is 16.2 Å². The first-order valence-corrected chi connectivity index (χ1v) is 13.3. The molecule has 0 N–H and O–H groups in total. The number of carbonyl (C=O) groups is 4. The molecule has 0 aliphatic carbocycles. The fourth-order valence-electron chi connectivity index (χ4n) is 3.21. The van der Waals surface area contributed by atoms with Crippen molar-refractivity contribution in [1.29, 1.82) is 0 Å². The average Bonchev–Trinajstić information content (AvgIpc) is 2.73. The molecule has 0 heterocycles. The lowest BCUT2D eigenvalue weighted by atomic mass is 9.75. The predicted molar refractivity (Wildman–Crippen MR) is 137 cm³/mol. The highest BCUT2D eigenvalue weighted by molar-refractivity contribution is 7.99. The molecule has 1 atom stereocenters. The Morgan fingerprint density at radius 2 is 1.37 bits per heavy atom. The Hall–Kier alpha value is -1.77. The lowest BCUT2D eigenvalue weighted by Gasteiger charge is -2.36. The van der Waals surface area contributed by atoms with Crippen molar-refractivity contribution in [3.8, 4) is 0 Å². The van der Waals surface area contributed by atoms with Gasteiger partial charge in [-0.2, -0.15) is 11.8 Å². The van der Waals surface area contributed by atoms with E-state index in [0.29, 0.717) is 24.3 Å². The first-order valence-electron chi connectivity index (χ1n) is 12.1. The molecule has 0 aromatic carbocycles. The van der Waals surface area contributed by atoms with E-state index in [4.69, 9.17) is 18.9 Å². The van der Waals surface area contributed by atoms with Crippen molar-refractivity contribution < 1.29 is 38.1 Å². The summed E-state index contributed by atoms with van der Waals surface area (Å²) in [5, 5.41) is 0. The first kappa shape index (κ1) is 33.2. The Morgan fingerprint density at radius 3 is 1.89 bits per heavy atom. The summed E-state index contributed by atoms with van der Waals surface area (Å²) in [7, 11) is 1.33. The van der Waals surface area contributed by atoms with Crippen LogP contribution < -0.4 is 0 Å². The van der Waals surface area contributed by atoms with Gasteiger partial charge in [-0.25, -0.2) is 0 Å². The van der Waals surface area contributed by atoms with E-state index in [0.717, 1.165) is 0 Å². The number of hydrogen-bond donors (Lipinski definition) is 0. The summed E-state index contributed by atoms with van der Waals surface area (Å²) in [5.41, 5.74) is -2.99. The van der Waals surface area contributed by atoms with Gasteiger partial charge in [-0.1, -0.05) is 6.92 Å². The summed E-state index contributed by atoms with van der Waals surface area (Å²) in [5.74, 6) is -0.528. The SMILES string of the molecule is CCC(C)(C)C(=O)OCCCC(=O)OCCSCC(C)(CC(C)(C)C(=O)OC)C(=O)OC(C)(C)C. The molecule has 0 aliphatic heterocycles. The molecule has 0 aromatic rings. The average molecular weight is 519 g/mol. The summed E-state index contributed by atoms with van der Waals surface area (Å²) < 4.78 is 21.0. The van der Waals surface area contributed by atoms with E-state index in [1.807, 2.05) is 20.8 Å². The fraction of sp³-hybridized carbons (Fsp3) is 0.846. The van der Waals surface area contributed by atoms with Gasteiger partial charge in [0.1, 0.15) is 12.2 Å². The van der Waals surface area contributed by atoms with Crippen LogP contribution in [0.3, 0.4) is 0 Å². The van der Waals surface area contributed by atoms with Crippen LogP contribution >= 0.6 is 11.8 Å². The van der Waals surface area contributed by atoms with Crippen molar-refractivity contribution in [3.05, 3.63) is 0 Å². The monoisotopic (exact) mass is 518 g/mol. The zero-order chi connectivity index (χ0) is 27.5. The third-order valence-electron chi connectivity index (χ3n) is 5.57. The minimum atomic E-state index is -0.935. The maximum absolute atomic E-state index is 13.0. The van der Waals surface area contributed by atoms with Gasteiger partial charge in [0.05, 0.1) is 30.0 Å². The number of hydrogen-bond acceptors (Lipinski definition) is 9. The van der Waals surface area contributed by atoms with Gasteiger partial charge in [-0.05, 0) is 74.7 Å². The summed E-state index contributed by atoms with van der Waals surface area (Å²) in [6, 6.07) is 0. The van der Waals surface area contributed by atoms with Crippen LogP contribution in [-0.4, -0.2) is 61.3 Å². The number of ether oxygens (including phenoxy) is 4. The summed E-state index contributed by atoms with van der Waals surface area (Å²) in [6.45, 7) is 16.6. The van der Waals surface area contributed by atoms with E-state index in [9.17, 15) is 19.2 Å². The standard InChI is InChI=1S/C26H46O8S/c1-11-24(5,6)21(29)33-14-12-13-19(27)32-15-16-35-18-26(9,22(30)34-23(2,3)4)17-25(7,8)20(28)31-10/h11-18H2,1-10H3. The molecule has 0 bridgehead atoms. The molecule has 0 fully saturated rings. The highest BCUT2D eigenvalue weighted by atomic mass is 32.2. The molecule has 0 rings (SSSR count). The van der Waals surface area contributed by atoms with Gasteiger partial charge in [0.15, 0.2) is 0 Å². The largest absolute Gasteiger partial charge is 0.469 e. The first-order chi connectivity index (χ1) is 15.9. The van der Waals surface area contributed by atoms with E-state index < -0.39 is 27.8 Å². The van der Waals surface area contributed by atoms with E-state index in [2.05, 4.69) is 0 Å². The maximum Gasteiger partial charge on any atom is 0.313 e. The van der Waals surface area contributed by atoms with Gasteiger partial charge in [0, 0.05) is 17.9 Å². The molecule has 0 aliphatic rings. The second-order valence-corrected chi connectivity index (χ2v) is 12.5. The zero-order valence-electron chi connectivity index (χ0n) is 23.3. The Labute approximate surface area is 215 Å². The van der Waals surface area contributed by atoms with Crippen molar-refractivity contribution in [2.45, 2.75) is 93.6 Å². The molecule has 35 heavy (non-hydrogen) atoms. The molecular weight excluding hydrogens is 472 g/mol. The van der Waals surface area contributed by atoms with Gasteiger partial charge in [-0.3, -0.25) is 19.2 Å². The van der Waals surface area contributed by atoms with Crippen LogP contribution in [0.1, 0.15) is 88.0 Å². The summed E-state index contributed by atoms with van der Waals surface area (Å²) >= 11 is 1.45. The van der Waals surface area contributed by atoms with Gasteiger partial charge in [0.2, 0.25) is 0 Å². The summed E-state index contributed by atoms with van der Waals surface area (Å²) in [6.07, 6.45) is 1.49. The minimum Gasteiger partial charge on any atom is -0.469 e. The van der Waals surface area contributed by atoms with E-state index in [1.165, 1.54) is 18.9 Å². The summed E-state index contributed by atoms with van der Waals surface area (Å²) in [4.78, 5) is 49.1. The van der Waals surface area contributed by atoms with Crippen molar-refractivity contribution >= 4 is 35.6 Å². The van der Waals surface area contributed by atoms with Crippen LogP contribution in [0.2, 0.25) is 0 Å². The Kier molecular flexibility index (Phi) is 13.4. The van der Waals surface area contributed by atoms with Gasteiger partial charge in [-0.15, -0.1) is 0 Å². The molecule has 0 saturated heterocycles. The number of rotatable bonds is 15. The topological polar surface area (TPSA) is 105 Å². The third kappa shape index (κ3) is 12.7. The smallest absolute Gasteiger partial charge is 0.313 e. The Balaban J connectivity index is 4.66. The second kappa shape index (κ2) is 14.1. The van der Waals surface area contributed by atoms with Crippen LogP contribution in [0.5, 0.6) is 0 Å². The van der Waals surface area contributed by atoms with Crippen LogP contribution in [-0.2, 0) is 38.1 Å². The fourth-order valence-corrected chi connectivity index (χ4v) is 4.23. The van der Waals surface area contributed by atoms with Crippen LogP contribution in [0.25, 0.3) is 0 Å². The maximum atomic E-state index is 13.0. The molecule has 9 heteroatoms. The predicted octanol–water partition coefficient (Wildman–Crippen LogP) is 4.96. The molecule has 204 valence electrons. The highest BCUT2D eigenvalue weighted by Gasteiger charge is 2.44. The van der Waals surface area contributed by atoms with Gasteiger partial charge >= 0.3 is 23.9 Å². The Bertz CT molecular complexity index is 723. The minimum absolute atomic E-state index is 0.160. The molecule has 1 unspecified atom stereocenters. The van der Waals surface area contributed by atoms with Crippen LogP contribution in [0, 0.1) is 16.2 Å². The van der Waals surface area contributed by atoms with E-state index >= 15 is 0 Å². The van der Waals surface area contributed by atoms with E-state index in [-0.39, 0.29) is 44.0 Å². The third-order valence-corrected chi connectivity index (χ3v) is 6.86. The molecular formula is C26H46O8S. The quantitative estimate of drug-likeness (QED) is 0.169. The normalized spacial score (nSPS) is 14.0. The number of thioether (sulfide) groups is 1. The number of methoxy groups -OCH3 is 1. The van der Waals surface area contributed by atoms with Crippen LogP contribution in [0.4, 0.5) is 0 Å². The van der Waals surface area contributed by atoms with Crippen molar-refractivity contribution in [1.82, 2.24) is 0 Å². The molecule has 0 spiro atoms. The van der Waals surface area contributed by atoms with Gasteiger partial charge in [0.25, 0.3) is 0 Å². The lowest BCUT2D eigenvalue weighted by Crippen LogP contribution is -2.42. The zero-order valence-corrected chi connectivity index (χ0v) is 24.1. The number of esters is 4. The van der Waals surface area contributed by atoms with Crippen LogP contribution in [0.15, 0.2) is 0 Å². The molecule has 0 saturated carbocycles. The van der Waals surface area contributed by atoms with Crippen molar-refractivity contribution in [3.63, 3.8) is 0 Å². The molecule has 0 amide bonds. The second-order valence-electron chi connectivity index (χ2n) is 11.4. The number of carbonyl (C=O) groups excluding carboxylic acids is 4. The highest BCUT2D eigenvalue weighted by Crippen LogP contribution is 2.39. The molecule has 8 nitrogen and oxygen atoms in total. The lowest BCUT2D eigenvalue weighted by molar-refractivity contribution is -0.169. The molecule has 0 radical (unpaired) electrons. The Morgan fingerprint density at radius 1 is 0.771 bits per heavy atom.